The van der Waals surface area contributed by atoms with E-state index in [4.69, 9.17) is 25.8 Å². The number of hydrogen-bond acceptors (Lipinski definition) is 5. The van der Waals surface area contributed by atoms with Crippen molar-refractivity contribution in [1.29, 1.82) is 0 Å². The van der Waals surface area contributed by atoms with Crippen LogP contribution >= 0.6 is 11.6 Å². The smallest absolute Gasteiger partial charge is 0.159 e. The average Bonchev–Trinajstić information content (AvgIpc) is 2.61. The van der Waals surface area contributed by atoms with Crippen molar-refractivity contribution in [3.8, 4) is 28.5 Å². The molecule has 6 heteroatoms. The number of fused-ring (bicyclic) bond motifs is 1. The molecule has 1 heterocycles. The predicted molar refractivity (Wildman–Crippen MR) is 89.6 cm³/mol. The van der Waals surface area contributed by atoms with Gasteiger partial charge >= 0.3 is 0 Å². The summed E-state index contributed by atoms with van der Waals surface area (Å²) >= 11 is 6.19. The van der Waals surface area contributed by atoms with Gasteiger partial charge in [0, 0.05) is 16.3 Å². The van der Waals surface area contributed by atoms with Crippen LogP contribution in [0, 0.1) is 0 Å². The average molecular weight is 331 g/mol. The van der Waals surface area contributed by atoms with E-state index in [9.17, 15) is 0 Å². The van der Waals surface area contributed by atoms with Crippen LogP contribution in [0.15, 0.2) is 36.4 Å². The number of methoxy groups -OCH3 is 3. The molecule has 5 nitrogen and oxygen atoms in total. The minimum Gasteiger partial charge on any atom is -0.497 e. The van der Waals surface area contributed by atoms with Crippen molar-refractivity contribution in [2.45, 2.75) is 0 Å². The van der Waals surface area contributed by atoms with Crippen LogP contribution in [0.4, 0.5) is 0 Å². The Morgan fingerprint density at radius 2 is 1.48 bits per heavy atom. The molecule has 0 aliphatic heterocycles. The summed E-state index contributed by atoms with van der Waals surface area (Å²) in [6, 6.07) is 11.1. The molecule has 0 radical (unpaired) electrons. The van der Waals surface area contributed by atoms with Gasteiger partial charge in [0.15, 0.2) is 5.15 Å². The molecule has 0 spiro atoms. The number of halogens is 1. The third kappa shape index (κ3) is 2.75. The zero-order chi connectivity index (χ0) is 16.4. The maximum Gasteiger partial charge on any atom is 0.159 e. The first kappa shape index (κ1) is 15.4. The van der Waals surface area contributed by atoms with E-state index in [0.717, 1.165) is 16.3 Å². The summed E-state index contributed by atoms with van der Waals surface area (Å²) < 4.78 is 16.0. The zero-order valence-corrected chi connectivity index (χ0v) is 13.7. The monoisotopic (exact) mass is 330 g/mol. The van der Waals surface area contributed by atoms with Gasteiger partial charge in [-0.25, -0.2) is 0 Å². The van der Waals surface area contributed by atoms with E-state index in [-0.39, 0.29) is 0 Å². The normalized spacial score (nSPS) is 10.6. The molecule has 0 bridgehead atoms. The molecule has 3 rings (SSSR count). The predicted octanol–water partition coefficient (Wildman–Crippen LogP) is 3.98. The summed E-state index contributed by atoms with van der Waals surface area (Å²) in [6.07, 6.45) is 0. The molecule has 0 aliphatic rings. The number of benzene rings is 2. The van der Waals surface area contributed by atoms with Crippen molar-refractivity contribution in [2.75, 3.05) is 21.3 Å². The summed E-state index contributed by atoms with van der Waals surface area (Å²) in [7, 11) is 4.83. The number of hydrogen-bond donors (Lipinski definition) is 0. The quantitative estimate of drug-likeness (QED) is 0.724. The fourth-order valence-corrected chi connectivity index (χ4v) is 2.62. The second-order valence-electron chi connectivity index (χ2n) is 4.82. The highest BCUT2D eigenvalue weighted by atomic mass is 35.5. The van der Waals surface area contributed by atoms with Crippen LogP contribution in [-0.4, -0.2) is 31.5 Å². The summed E-state index contributed by atoms with van der Waals surface area (Å²) in [5.41, 5.74) is 1.45. The van der Waals surface area contributed by atoms with Gasteiger partial charge in [-0.15, -0.1) is 10.2 Å². The van der Waals surface area contributed by atoms with Crippen molar-refractivity contribution in [3.05, 3.63) is 41.6 Å². The van der Waals surface area contributed by atoms with Crippen LogP contribution in [0.25, 0.3) is 22.0 Å². The topological polar surface area (TPSA) is 53.5 Å². The number of rotatable bonds is 4. The minimum absolute atomic E-state index is 0.324. The van der Waals surface area contributed by atoms with Crippen LogP contribution in [0.5, 0.6) is 17.2 Å². The van der Waals surface area contributed by atoms with Gasteiger partial charge in [0.25, 0.3) is 0 Å². The molecular weight excluding hydrogens is 316 g/mol. The molecule has 0 amide bonds. The van der Waals surface area contributed by atoms with E-state index in [0.29, 0.717) is 28.1 Å². The Hall–Kier alpha value is -2.53. The molecule has 0 saturated carbocycles. The maximum atomic E-state index is 6.19. The molecule has 0 fully saturated rings. The van der Waals surface area contributed by atoms with Crippen LogP contribution in [0.2, 0.25) is 5.15 Å². The standard InChI is InChI=1S/C17H15ClN2O3/c1-21-10-4-6-12-13(8-10)17(18)20-19-16(12)14-9-11(22-2)5-7-15(14)23-3/h4-9H,1-3H3. The fourth-order valence-electron chi connectivity index (χ4n) is 2.43. The van der Waals surface area contributed by atoms with Crippen molar-refractivity contribution in [3.63, 3.8) is 0 Å². The number of aromatic nitrogens is 2. The first-order valence-electron chi connectivity index (χ1n) is 6.90. The lowest BCUT2D eigenvalue weighted by Crippen LogP contribution is -1.96. The molecule has 1 aromatic heterocycles. The van der Waals surface area contributed by atoms with Crippen LogP contribution in [-0.2, 0) is 0 Å². The van der Waals surface area contributed by atoms with Crippen molar-refractivity contribution in [2.24, 2.45) is 0 Å². The Morgan fingerprint density at radius 1 is 0.783 bits per heavy atom. The number of nitrogens with zero attached hydrogens (tertiary/aromatic N) is 2. The Balaban J connectivity index is 2.30. The highest BCUT2D eigenvalue weighted by Gasteiger charge is 2.15. The first-order valence-corrected chi connectivity index (χ1v) is 7.28. The Morgan fingerprint density at radius 3 is 2.17 bits per heavy atom. The molecule has 0 atom stereocenters. The van der Waals surface area contributed by atoms with Gasteiger partial charge < -0.3 is 14.2 Å². The van der Waals surface area contributed by atoms with E-state index in [1.54, 1.807) is 21.3 Å². The number of ether oxygens (including phenoxy) is 3. The zero-order valence-electron chi connectivity index (χ0n) is 13.0. The van der Waals surface area contributed by atoms with Crippen LogP contribution in [0.3, 0.4) is 0 Å². The Labute approximate surface area is 138 Å². The van der Waals surface area contributed by atoms with Gasteiger partial charge in [-0.1, -0.05) is 11.6 Å². The third-order valence-electron chi connectivity index (χ3n) is 3.60. The fraction of sp³-hybridized carbons (Fsp3) is 0.176. The van der Waals surface area contributed by atoms with Gasteiger partial charge in [-0.05, 0) is 36.4 Å². The second kappa shape index (κ2) is 6.30. The van der Waals surface area contributed by atoms with Gasteiger partial charge in [-0.2, -0.15) is 0 Å². The van der Waals surface area contributed by atoms with Crippen molar-refractivity contribution < 1.29 is 14.2 Å². The summed E-state index contributed by atoms with van der Waals surface area (Å²) in [4.78, 5) is 0. The molecule has 23 heavy (non-hydrogen) atoms. The lowest BCUT2D eigenvalue weighted by Gasteiger charge is -2.12. The first-order chi connectivity index (χ1) is 11.2. The largest absolute Gasteiger partial charge is 0.497 e. The summed E-state index contributed by atoms with van der Waals surface area (Å²) in [5, 5.41) is 10.3. The molecule has 0 N–H and O–H groups in total. The Kier molecular flexibility index (Phi) is 4.21. The van der Waals surface area contributed by atoms with Gasteiger partial charge in [-0.3, -0.25) is 0 Å². The Bertz CT molecular complexity index is 868. The van der Waals surface area contributed by atoms with Gasteiger partial charge in [0.2, 0.25) is 0 Å². The van der Waals surface area contributed by atoms with E-state index in [1.165, 1.54) is 0 Å². The van der Waals surface area contributed by atoms with Gasteiger partial charge in [0.1, 0.15) is 22.9 Å². The summed E-state index contributed by atoms with van der Waals surface area (Å²) in [5.74, 6) is 2.09. The van der Waals surface area contributed by atoms with Gasteiger partial charge in [0.05, 0.1) is 21.3 Å². The molecule has 2 aromatic carbocycles. The molecule has 0 aliphatic carbocycles. The van der Waals surface area contributed by atoms with E-state index in [1.807, 2.05) is 36.4 Å². The molecule has 0 unspecified atom stereocenters. The highest BCUT2D eigenvalue weighted by Crippen LogP contribution is 2.38. The molecule has 3 aromatic rings. The maximum absolute atomic E-state index is 6.19. The second-order valence-corrected chi connectivity index (χ2v) is 5.18. The van der Waals surface area contributed by atoms with E-state index >= 15 is 0 Å². The molecular formula is C17H15ClN2O3. The molecule has 118 valence electrons. The highest BCUT2D eigenvalue weighted by molar-refractivity contribution is 6.34. The van der Waals surface area contributed by atoms with Crippen LogP contribution in [0.1, 0.15) is 0 Å². The molecule has 0 saturated heterocycles. The summed E-state index contributed by atoms with van der Waals surface area (Å²) in [6.45, 7) is 0. The van der Waals surface area contributed by atoms with Crippen molar-refractivity contribution >= 4 is 22.4 Å². The van der Waals surface area contributed by atoms with E-state index < -0.39 is 0 Å². The van der Waals surface area contributed by atoms with Crippen LogP contribution < -0.4 is 14.2 Å². The van der Waals surface area contributed by atoms with E-state index in [2.05, 4.69) is 10.2 Å². The minimum atomic E-state index is 0.324. The lowest BCUT2D eigenvalue weighted by atomic mass is 10.0. The lowest BCUT2D eigenvalue weighted by molar-refractivity contribution is 0.404. The van der Waals surface area contributed by atoms with Crippen molar-refractivity contribution in [1.82, 2.24) is 10.2 Å². The SMILES string of the molecule is COc1ccc(OC)c(-c2nnc(Cl)c3cc(OC)ccc23)c1. The third-order valence-corrected chi connectivity index (χ3v) is 3.88.